The third-order valence-corrected chi connectivity index (χ3v) is 5.73. The van der Waals surface area contributed by atoms with E-state index in [0.717, 1.165) is 21.2 Å². The van der Waals surface area contributed by atoms with E-state index in [2.05, 4.69) is 16.4 Å². The van der Waals surface area contributed by atoms with Gasteiger partial charge in [0.2, 0.25) is 11.8 Å². The molecule has 5 nitrogen and oxygen atoms in total. The molecule has 0 aliphatic rings. The summed E-state index contributed by atoms with van der Waals surface area (Å²) in [6, 6.07) is 15.5. The topological polar surface area (TPSA) is 85.1 Å². The highest BCUT2D eigenvalue weighted by Crippen LogP contribution is 2.27. The number of anilines is 1. The van der Waals surface area contributed by atoms with Crippen molar-refractivity contribution in [1.29, 1.82) is 0 Å². The van der Waals surface area contributed by atoms with Crippen LogP contribution in [-0.4, -0.2) is 22.6 Å². The van der Waals surface area contributed by atoms with Crippen LogP contribution in [0.4, 0.5) is 5.69 Å². The van der Waals surface area contributed by atoms with Crippen molar-refractivity contribution in [1.82, 2.24) is 4.98 Å². The molecule has 3 N–H and O–H groups in total. The van der Waals surface area contributed by atoms with Crippen LogP contribution in [0.3, 0.4) is 0 Å². The molecule has 0 aliphatic heterocycles. The average Bonchev–Trinajstić information content (AvgIpc) is 3.09. The second kappa shape index (κ2) is 8.83. The summed E-state index contributed by atoms with van der Waals surface area (Å²) in [6.45, 7) is 2.04. The van der Waals surface area contributed by atoms with Gasteiger partial charge in [-0.2, -0.15) is 0 Å². The number of thioether (sulfide) groups is 1. The minimum atomic E-state index is -0.396. The molecule has 7 heteroatoms. The number of primary amides is 1. The number of amides is 2. The maximum atomic E-state index is 12.4. The summed E-state index contributed by atoms with van der Waals surface area (Å²) in [5, 5.41) is 5.70. The number of nitrogens with zero attached hydrogens (tertiary/aromatic N) is 1. The fourth-order valence-electron chi connectivity index (χ4n) is 2.50. The van der Waals surface area contributed by atoms with Crippen molar-refractivity contribution in [3.63, 3.8) is 0 Å². The van der Waals surface area contributed by atoms with Crippen molar-refractivity contribution < 1.29 is 9.59 Å². The molecule has 0 fully saturated rings. The van der Waals surface area contributed by atoms with Gasteiger partial charge in [-0.25, -0.2) is 4.98 Å². The Kier molecular flexibility index (Phi) is 6.26. The molecule has 0 radical (unpaired) electrons. The van der Waals surface area contributed by atoms with Crippen LogP contribution >= 0.6 is 23.1 Å². The van der Waals surface area contributed by atoms with Gasteiger partial charge in [-0.3, -0.25) is 9.59 Å². The van der Waals surface area contributed by atoms with Gasteiger partial charge < -0.3 is 11.1 Å². The Balaban J connectivity index is 1.66. The Bertz CT molecular complexity index is 969. The molecule has 2 aromatic carbocycles. The Labute approximate surface area is 166 Å². The number of hydrogen-bond acceptors (Lipinski definition) is 5. The van der Waals surface area contributed by atoms with Gasteiger partial charge in [-0.05, 0) is 25.1 Å². The van der Waals surface area contributed by atoms with E-state index in [1.165, 1.54) is 28.7 Å². The van der Waals surface area contributed by atoms with Crippen LogP contribution in [-0.2, 0) is 16.0 Å². The molecule has 0 saturated heterocycles. The molecule has 1 heterocycles. The molecule has 0 bridgehead atoms. The molecule has 0 atom stereocenters. The smallest absolute Gasteiger partial charge is 0.230 e. The number of hydrogen-bond donors (Lipinski definition) is 2. The number of aryl methyl sites for hydroxylation is 1. The zero-order chi connectivity index (χ0) is 19.2. The molecule has 0 unspecified atom stereocenters. The first-order chi connectivity index (χ1) is 13.0. The van der Waals surface area contributed by atoms with Crippen LogP contribution in [0.5, 0.6) is 0 Å². The van der Waals surface area contributed by atoms with Crippen molar-refractivity contribution in [2.75, 3.05) is 11.1 Å². The van der Waals surface area contributed by atoms with Gasteiger partial charge in [0, 0.05) is 15.8 Å². The number of benzene rings is 2. The highest BCUT2D eigenvalue weighted by atomic mass is 32.2. The van der Waals surface area contributed by atoms with Crippen molar-refractivity contribution >= 4 is 40.6 Å². The van der Waals surface area contributed by atoms with Crippen LogP contribution < -0.4 is 11.1 Å². The summed E-state index contributed by atoms with van der Waals surface area (Å²) in [6.07, 6.45) is 0.192. The number of carbonyl (C=O) groups is 2. The van der Waals surface area contributed by atoms with Gasteiger partial charge in [0.05, 0.1) is 23.6 Å². The standard InChI is InChI=1S/C20H19N3O2S2/c1-13-5-4-6-14(9-13)20-22-15(11-27-20)10-19(25)23-16-7-2-3-8-17(16)26-12-18(21)24/h2-9,11H,10,12H2,1H3,(H2,21,24)(H,23,25). The predicted octanol–water partition coefficient (Wildman–Crippen LogP) is 3.88. The summed E-state index contributed by atoms with van der Waals surface area (Å²) in [5.41, 5.74) is 8.83. The first-order valence-electron chi connectivity index (χ1n) is 8.32. The summed E-state index contributed by atoms with van der Waals surface area (Å²) >= 11 is 2.83. The third-order valence-electron chi connectivity index (χ3n) is 3.69. The molecule has 2 amide bonds. The van der Waals surface area contributed by atoms with Crippen molar-refractivity contribution in [2.45, 2.75) is 18.2 Å². The average molecular weight is 398 g/mol. The summed E-state index contributed by atoms with van der Waals surface area (Å²) < 4.78 is 0. The van der Waals surface area contributed by atoms with Gasteiger partial charge in [-0.1, -0.05) is 35.9 Å². The largest absolute Gasteiger partial charge is 0.369 e. The lowest BCUT2D eigenvalue weighted by molar-refractivity contribution is -0.116. The van der Waals surface area contributed by atoms with Crippen LogP contribution in [0, 0.1) is 6.92 Å². The third kappa shape index (κ3) is 5.42. The number of carbonyl (C=O) groups excluding carboxylic acids is 2. The van der Waals surface area contributed by atoms with E-state index in [0.29, 0.717) is 5.69 Å². The van der Waals surface area contributed by atoms with Gasteiger partial charge in [0.1, 0.15) is 5.01 Å². The quantitative estimate of drug-likeness (QED) is 0.593. The molecule has 1 aromatic heterocycles. The van der Waals surface area contributed by atoms with E-state index in [-0.39, 0.29) is 18.1 Å². The maximum absolute atomic E-state index is 12.4. The lowest BCUT2D eigenvalue weighted by Gasteiger charge is -2.09. The Morgan fingerprint density at radius 2 is 2.00 bits per heavy atom. The molecule has 138 valence electrons. The van der Waals surface area contributed by atoms with Crippen molar-refractivity contribution in [3.05, 3.63) is 65.2 Å². The number of para-hydroxylation sites is 1. The second-order valence-corrected chi connectivity index (χ2v) is 7.86. The van der Waals surface area contributed by atoms with Gasteiger partial charge >= 0.3 is 0 Å². The number of aromatic nitrogens is 1. The Morgan fingerprint density at radius 1 is 1.19 bits per heavy atom. The fourth-order valence-corrected chi connectivity index (χ4v) is 4.07. The molecule has 0 aliphatic carbocycles. The number of thiazole rings is 1. The van der Waals surface area contributed by atoms with E-state index < -0.39 is 5.91 Å². The first-order valence-corrected chi connectivity index (χ1v) is 10.2. The van der Waals surface area contributed by atoms with E-state index in [1.807, 2.05) is 48.7 Å². The first kappa shape index (κ1) is 19.1. The maximum Gasteiger partial charge on any atom is 0.230 e. The monoisotopic (exact) mass is 397 g/mol. The highest BCUT2D eigenvalue weighted by molar-refractivity contribution is 8.00. The van der Waals surface area contributed by atoms with Crippen molar-refractivity contribution in [3.8, 4) is 10.6 Å². The predicted molar refractivity (Wildman–Crippen MR) is 111 cm³/mol. The van der Waals surface area contributed by atoms with Crippen LogP contribution in [0.1, 0.15) is 11.3 Å². The van der Waals surface area contributed by atoms with E-state index >= 15 is 0 Å². The number of rotatable bonds is 7. The zero-order valence-corrected chi connectivity index (χ0v) is 16.4. The van der Waals surface area contributed by atoms with Crippen LogP contribution in [0.25, 0.3) is 10.6 Å². The molecule has 3 aromatic rings. The molecular formula is C20H19N3O2S2. The molecule has 3 rings (SSSR count). The minimum Gasteiger partial charge on any atom is -0.369 e. The van der Waals surface area contributed by atoms with Gasteiger partial charge in [0.15, 0.2) is 0 Å². The van der Waals surface area contributed by atoms with Crippen molar-refractivity contribution in [2.24, 2.45) is 5.73 Å². The fraction of sp³-hybridized carbons (Fsp3) is 0.150. The van der Waals surface area contributed by atoms with Crippen LogP contribution in [0.15, 0.2) is 58.8 Å². The van der Waals surface area contributed by atoms with Gasteiger partial charge in [0.25, 0.3) is 0 Å². The van der Waals surface area contributed by atoms with Gasteiger partial charge in [-0.15, -0.1) is 23.1 Å². The highest BCUT2D eigenvalue weighted by Gasteiger charge is 2.12. The Hall–Kier alpha value is -2.64. The van der Waals surface area contributed by atoms with E-state index in [9.17, 15) is 9.59 Å². The molecule has 0 saturated carbocycles. The minimum absolute atomic E-state index is 0.150. The zero-order valence-electron chi connectivity index (χ0n) is 14.8. The Morgan fingerprint density at radius 3 is 2.78 bits per heavy atom. The lowest BCUT2D eigenvalue weighted by atomic mass is 10.1. The normalized spacial score (nSPS) is 10.6. The van der Waals surface area contributed by atoms with Crippen LogP contribution in [0.2, 0.25) is 0 Å². The summed E-state index contributed by atoms with van der Waals surface area (Å²) in [4.78, 5) is 28.8. The SMILES string of the molecule is Cc1cccc(-c2nc(CC(=O)Nc3ccccc3SCC(N)=O)cs2)c1. The molecular weight excluding hydrogens is 378 g/mol. The molecule has 27 heavy (non-hydrogen) atoms. The second-order valence-electron chi connectivity index (χ2n) is 5.99. The summed E-state index contributed by atoms with van der Waals surface area (Å²) in [5.74, 6) is -0.380. The number of nitrogens with two attached hydrogens (primary N) is 1. The van der Waals surface area contributed by atoms with E-state index in [1.54, 1.807) is 6.07 Å². The number of nitrogens with one attached hydrogen (secondary N) is 1. The van der Waals surface area contributed by atoms with E-state index in [4.69, 9.17) is 5.73 Å². The summed E-state index contributed by atoms with van der Waals surface area (Å²) in [7, 11) is 0. The lowest BCUT2D eigenvalue weighted by Crippen LogP contribution is -2.16. The molecule has 0 spiro atoms.